The zero-order valence-corrected chi connectivity index (χ0v) is 8.89. The highest BCUT2D eigenvalue weighted by molar-refractivity contribution is 5.87. The highest BCUT2D eigenvalue weighted by atomic mass is 16.2. The van der Waals surface area contributed by atoms with Gasteiger partial charge in [0.05, 0.1) is 5.41 Å². The standard InChI is InChI=1S/C11H18N2O/c1-7-10(2,3)8-4-5-11(7,6-8)9(14)13-12/h8H,1,4-6,12H2,2-3H3,(H,13,14)/t8-,11+/m1/s1. The van der Waals surface area contributed by atoms with Crippen molar-refractivity contribution in [2.24, 2.45) is 22.6 Å². The largest absolute Gasteiger partial charge is 0.294 e. The van der Waals surface area contributed by atoms with Crippen molar-refractivity contribution in [3.8, 4) is 0 Å². The van der Waals surface area contributed by atoms with Crippen LogP contribution in [-0.4, -0.2) is 5.91 Å². The molecule has 2 rings (SSSR count). The molecule has 0 saturated heterocycles. The summed E-state index contributed by atoms with van der Waals surface area (Å²) in [4.78, 5) is 11.8. The van der Waals surface area contributed by atoms with E-state index < -0.39 is 0 Å². The fourth-order valence-corrected chi connectivity index (χ4v) is 3.28. The van der Waals surface area contributed by atoms with Gasteiger partial charge in [0.15, 0.2) is 0 Å². The first kappa shape index (κ1) is 9.71. The Kier molecular flexibility index (Phi) is 1.80. The normalized spacial score (nSPS) is 38.8. The summed E-state index contributed by atoms with van der Waals surface area (Å²) in [5, 5.41) is 0. The molecule has 2 aliphatic rings. The van der Waals surface area contributed by atoms with Gasteiger partial charge in [-0.05, 0) is 30.6 Å². The molecule has 0 radical (unpaired) electrons. The van der Waals surface area contributed by atoms with Crippen LogP contribution in [0.2, 0.25) is 0 Å². The summed E-state index contributed by atoms with van der Waals surface area (Å²) in [7, 11) is 0. The summed E-state index contributed by atoms with van der Waals surface area (Å²) in [6, 6.07) is 0. The van der Waals surface area contributed by atoms with Gasteiger partial charge in [-0.3, -0.25) is 10.2 Å². The van der Waals surface area contributed by atoms with E-state index in [-0.39, 0.29) is 16.7 Å². The van der Waals surface area contributed by atoms with Gasteiger partial charge in [-0.25, -0.2) is 5.84 Å². The number of nitrogens with one attached hydrogen (secondary N) is 1. The van der Waals surface area contributed by atoms with Crippen LogP contribution in [0, 0.1) is 16.7 Å². The summed E-state index contributed by atoms with van der Waals surface area (Å²) in [6.07, 6.45) is 2.98. The van der Waals surface area contributed by atoms with Crippen LogP contribution in [0.1, 0.15) is 33.1 Å². The molecule has 0 spiro atoms. The molecule has 2 atom stereocenters. The first-order valence-corrected chi connectivity index (χ1v) is 5.16. The van der Waals surface area contributed by atoms with Crippen molar-refractivity contribution in [3.05, 3.63) is 12.2 Å². The second-order valence-electron chi connectivity index (χ2n) is 5.20. The molecular formula is C11H18N2O. The number of carbonyl (C=O) groups is 1. The number of rotatable bonds is 1. The summed E-state index contributed by atoms with van der Waals surface area (Å²) < 4.78 is 0. The van der Waals surface area contributed by atoms with Crippen molar-refractivity contribution >= 4 is 5.91 Å². The molecule has 78 valence electrons. The van der Waals surface area contributed by atoms with Gasteiger partial charge in [0.1, 0.15) is 0 Å². The monoisotopic (exact) mass is 194 g/mol. The maximum absolute atomic E-state index is 11.8. The van der Waals surface area contributed by atoms with Crippen molar-refractivity contribution in [2.75, 3.05) is 0 Å². The minimum atomic E-state index is -0.358. The van der Waals surface area contributed by atoms with E-state index in [1.807, 2.05) is 0 Å². The van der Waals surface area contributed by atoms with Crippen LogP contribution in [0.5, 0.6) is 0 Å². The Bertz CT molecular complexity index is 308. The average Bonchev–Trinajstić information content (AvgIpc) is 2.66. The molecular weight excluding hydrogens is 176 g/mol. The average molecular weight is 194 g/mol. The fourth-order valence-electron chi connectivity index (χ4n) is 3.28. The maximum Gasteiger partial charge on any atom is 0.244 e. The van der Waals surface area contributed by atoms with E-state index in [2.05, 4.69) is 25.9 Å². The molecule has 14 heavy (non-hydrogen) atoms. The summed E-state index contributed by atoms with van der Waals surface area (Å²) in [5.74, 6) is 5.80. The van der Waals surface area contributed by atoms with E-state index in [1.165, 1.54) is 0 Å². The van der Waals surface area contributed by atoms with E-state index in [4.69, 9.17) is 5.84 Å². The number of hydrogen-bond donors (Lipinski definition) is 2. The lowest BCUT2D eigenvalue weighted by atomic mass is 9.68. The third-order valence-electron chi connectivity index (χ3n) is 4.46. The fraction of sp³-hybridized carbons (Fsp3) is 0.727. The van der Waals surface area contributed by atoms with E-state index in [0.29, 0.717) is 5.92 Å². The minimum absolute atomic E-state index is 0.0458. The van der Waals surface area contributed by atoms with Crippen LogP contribution in [0.25, 0.3) is 0 Å². The lowest BCUT2D eigenvalue weighted by molar-refractivity contribution is -0.128. The van der Waals surface area contributed by atoms with Gasteiger partial charge in [0, 0.05) is 0 Å². The molecule has 3 nitrogen and oxygen atoms in total. The van der Waals surface area contributed by atoms with Crippen molar-refractivity contribution in [2.45, 2.75) is 33.1 Å². The second-order valence-corrected chi connectivity index (χ2v) is 5.20. The number of nitrogens with two attached hydrogens (primary N) is 1. The minimum Gasteiger partial charge on any atom is -0.294 e. The third kappa shape index (κ3) is 0.883. The van der Waals surface area contributed by atoms with Crippen molar-refractivity contribution < 1.29 is 4.79 Å². The van der Waals surface area contributed by atoms with Crippen LogP contribution in [-0.2, 0) is 4.79 Å². The smallest absolute Gasteiger partial charge is 0.244 e. The van der Waals surface area contributed by atoms with E-state index in [9.17, 15) is 4.79 Å². The van der Waals surface area contributed by atoms with Gasteiger partial charge in [0.2, 0.25) is 5.91 Å². The topological polar surface area (TPSA) is 55.1 Å². The summed E-state index contributed by atoms with van der Waals surface area (Å²) in [6.45, 7) is 8.48. The summed E-state index contributed by atoms with van der Waals surface area (Å²) >= 11 is 0. The van der Waals surface area contributed by atoms with Crippen molar-refractivity contribution in [1.82, 2.24) is 5.43 Å². The molecule has 0 heterocycles. The van der Waals surface area contributed by atoms with Crippen molar-refractivity contribution in [3.63, 3.8) is 0 Å². The van der Waals surface area contributed by atoms with Crippen LogP contribution in [0.4, 0.5) is 0 Å². The maximum atomic E-state index is 11.8. The van der Waals surface area contributed by atoms with Crippen LogP contribution < -0.4 is 11.3 Å². The van der Waals surface area contributed by atoms with Gasteiger partial charge in [-0.2, -0.15) is 0 Å². The number of fused-ring (bicyclic) bond motifs is 2. The molecule has 2 bridgehead atoms. The molecule has 2 fully saturated rings. The third-order valence-corrected chi connectivity index (χ3v) is 4.46. The van der Waals surface area contributed by atoms with E-state index >= 15 is 0 Å². The molecule has 0 aromatic rings. The lowest BCUT2D eigenvalue weighted by Crippen LogP contribution is -2.44. The Morgan fingerprint density at radius 2 is 2.29 bits per heavy atom. The number of hydrogen-bond acceptors (Lipinski definition) is 2. The van der Waals surface area contributed by atoms with Gasteiger partial charge in [-0.1, -0.05) is 26.0 Å². The Labute approximate surface area is 84.7 Å². The quantitative estimate of drug-likeness (QED) is 0.286. The first-order valence-electron chi connectivity index (χ1n) is 5.16. The van der Waals surface area contributed by atoms with Crippen LogP contribution in [0.15, 0.2) is 12.2 Å². The summed E-state index contributed by atoms with van der Waals surface area (Å²) in [5.41, 5.74) is 3.11. The highest BCUT2D eigenvalue weighted by Gasteiger charge is 2.60. The van der Waals surface area contributed by atoms with E-state index in [0.717, 1.165) is 24.8 Å². The predicted octanol–water partition coefficient (Wildman–Crippen LogP) is 1.36. The Balaban J connectivity index is 2.40. The second kappa shape index (κ2) is 2.60. The lowest BCUT2D eigenvalue weighted by Gasteiger charge is -2.36. The zero-order chi connectivity index (χ0) is 10.6. The molecule has 0 aromatic carbocycles. The van der Waals surface area contributed by atoms with Gasteiger partial charge in [0.25, 0.3) is 0 Å². The molecule has 1 amide bonds. The molecule has 0 aliphatic heterocycles. The number of carbonyl (C=O) groups excluding carboxylic acids is 1. The zero-order valence-electron chi connectivity index (χ0n) is 8.89. The molecule has 0 unspecified atom stereocenters. The first-order chi connectivity index (χ1) is 6.45. The molecule has 2 saturated carbocycles. The van der Waals surface area contributed by atoms with Gasteiger partial charge >= 0.3 is 0 Å². The van der Waals surface area contributed by atoms with E-state index in [1.54, 1.807) is 0 Å². The molecule has 3 N–H and O–H groups in total. The number of amides is 1. The van der Waals surface area contributed by atoms with Crippen LogP contribution in [0.3, 0.4) is 0 Å². The van der Waals surface area contributed by atoms with Gasteiger partial charge < -0.3 is 0 Å². The Hall–Kier alpha value is -0.830. The van der Waals surface area contributed by atoms with Crippen molar-refractivity contribution in [1.29, 1.82) is 0 Å². The number of hydrazine groups is 1. The SMILES string of the molecule is C=C1C(C)(C)[C@@H]2CC[C@]1(C(=O)NN)C2. The Morgan fingerprint density at radius 1 is 1.64 bits per heavy atom. The van der Waals surface area contributed by atoms with Crippen LogP contribution >= 0.6 is 0 Å². The molecule has 0 aromatic heterocycles. The predicted molar refractivity (Wildman–Crippen MR) is 55.0 cm³/mol. The van der Waals surface area contributed by atoms with Gasteiger partial charge in [-0.15, -0.1) is 0 Å². The molecule has 2 aliphatic carbocycles. The molecule has 3 heteroatoms. The Morgan fingerprint density at radius 3 is 2.71 bits per heavy atom. The highest BCUT2D eigenvalue weighted by Crippen LogP contribution is 2.65.